The fourth-order valence-corrected chi connectivity index (χ4v) is 5.20. The van der Waals surface area contributed by atoms with Gasteiger partial charge in [0, 0.05) is 12.2 Å². The van der Waals surface area contributed by atoms with Gasteiger partial charge in [0.05, 0.1) is 11.5 Å². The van der Waals surface area contributed by atoms with Gasteiger partial charge in [0.25, 0.3) is 0 Å². The van der Waals surface area contributed by atoms with Gasteiger partial charge < -0.3 is 21.3 Å². The number of primary amides is 1. The first-order valence-corrected chi connectivity index (χ1v) is 11.2. The number of carbonyl (C=O) groups excluding carboxylic acids is 3. The minimum absolute atomic E-state index is 0.112. The number of benzene rings is 1. The molecule has 3 heterocycles. The number of nitrogens with two attached hydrogens (primary N) is 1. The molecule has 4 bridgehead atoms. The van der Waals surface area contributed by atoms with Crippen LogP contribution in [0, 0.1) is 0 Å². The van der Waals surface area contributed by atoms with E-state index in [0.29, 0.717) is 0 Å². The molecule has 4 N–H and O–H groups in total. The lowest BCUT2D eigenvalue weighted by Crippen LogP contribution is -2.52. The number of unbranched alkanes of at least 4 members (excludes halogenated alkanes) is 1. The lowest BCUT2D eigenvalue weighted by molar-refractivity contribution is -0.139. The molecule has 4 rings (SSSR count). The van der Waals surface area contributed by atoms with Crippen LogP contribution < -0.4 is 16.4 Å². The number of amides is 3. The Balaban J connectivity index is 1.75. The number of anilines is 1. The Kier molecular flexibility index (Phi) is 5.82. The summed E-state index contributed by atoms with van der Waals surface area (Å²) in [5.74, 6) is -0.795. The normalized spacial score (nSPS) is 28.9. The molecule has 3 atom stereocenters. The van der Waals surface area contributed by atoms with Crippen molar-refractivity contribution in [2.45, 2.75) is 75.8 Å². The summed E-state index contributed by atoms with van der Waals surface area (Å²) in [5, 5.41) is 6.40. The Morgan fingerprint density at radius 3 is 2.87 bits per heavy atom. The zero-order valence-electron chi connectivity index (χ0n) is 17.7. The molecule has 0 aliphatic carbocycles. The molecule has 7 nitrogen and oxygen atoms in total. The maximum absolute atomic E-state index is 13.5. The molecule has 1 spiro atoms. The van der Waals surface area contributed by atoms with Gasteiger partial charge in [-0.15, -0.1) is 0 Å². The van der Waals surface area contributed by atoms with Crippen molar-refractivity contribution in [2.24, 2.45) is 5.73 Å². The first-order chi connectivity index (χ1) is 14.5. The summed E-state index contributed by atoms with van der Waals surface area (Å²) >= 11 is 0. The lowest BCUT2D eigenvalue weighted by atomic mass is 9.78. The van der Waals surface area contributed by atoms with Crippen molar-refractivity contribution < 1.29 is 14.4 Å². The van der Waals surface area contributed by atoms with Gasteiger partial charge in [-0.1, -0.05) is 38.3 Å². The topological polar surface area (TPSA) is 105 Å². The Morgan fingerprint density at radius 1 is 1.27 bits per heavy atom. The van der Waals surface area contributed by atoms with Gasteiger partial charge in [-0.3, -0.25) is 14.4 Å². The highest BCUT2D eigenvalue weighted by molar-refractivity contribution is 6.08. The van der Waals surface area contributed by atoms with Crippen molar-refractivity contribution >= 4 is 23.4 Å². The highest BCUT2D eigenvalue weighted by atomic mass is 16.2. The Hall–Kier alpha value is -2.41. The minimum Gasteiger partial charge on any atom is -0.368 e. The van der Waals surface area contributed by atoms with Crippen LogP contribution in [0.4, 0.5) is 5.69 Å². The second-order valence-electron chi connectivity index (χ2n) is 8.96. The summed E-state index contributed by atoms with van der Waals surface area (Å²) in [4.78, 5) is 40.6. The van der Waals surface area contributed by atoms with Crippen LogP contribution in [0.3, 0.4) is 0 Å². The minimum atomic E-state index is -0.903. The number of aryl methyl sites for hydroxylation is 1. The number of hydrogen-bond donors (Lipinski definition) is 3. The summed E-state index contributed by atoms with van der Waals surface area (Å²) < 4.78 is 0. The third-order valence-electron chi connectivity index (χ3n) is 6.93. The molecule has 7 heteroatoms. The van der Waals surface area contributed by atoms with Crippen molar-refractivity contribution in [3.05, 3.63) is 29.3 Å². The number of hydrogen-bond acceptors (Lipinski definition) is 4. The SMILES string of the molecule is CCCC[C@@H]1NCCCCCc2ccc3c(c2)[C@@]2(C[C@@H](C(N)=O)N(C2)C1=O)C(=O)N3. The average Bonchev–Trinajstić information content (AvgIpc) is 3.26. The van der Waals surface area contributed by atoms with Crippen LogP contribution >= 0.6 is 0 Å². The van der Waals surface area contributed by atoms with E-state index in [2.05, 4.69) is 29.7 Å². The lowest BCUT2D eigenvalue weighted by Gasteiger charge is -2.29. The Morgan fingerprint density at radius 2 is 2.10 bits per heavy atom. The molecular weight excluding hydrogens is 380 g/mol. The van der Waals surface area contributed by atoms with Gasteiger partial charge in [-0.05, 0) is 55.8 Å². The van der Waals surface area contributed by atoms with E-state index in [1.165, 1.54) is 5.56 Å². The van der Waals surface area contributed by atoms with Crippen LogP contribution in [0.5, 0.6) is 0 Å². The number of carbonyl (C=O) groups is 3. The number of fused-ring (bicyclic) bond motifs is 2. The smallest absolute Gasteiger partial charge is 0.240 e. The zero-order valence-corrected chi connectivity index (χ0v) is 17.7. The van der Waals surface area contributed by atoms with Gasteiger partial charge >= 0.3 is 0 Å². The largest absolute Gasteiger partial charge is 0.368 e. The Labute approximate surface area is 177 Å². The zero-order chi connectivity index (χ0) is 21.3. The van der Waals surface area contributed by atoms with Gasteiger partial charge in [0.2, 0.25) is 17.7 Å². The molecule has 0 unspecified atom stereocenters. The molecule has 1 aromatic rings. The predicted molar refractivity (Wildman–Crippen MR) is 115 cm³/mol. The van der Waals surface area contributed by atoms with Crippen LogP contribution in [0.15, 0.2) is 18.2 Å². The van der Waals surface area contributed by atoms with Crippen molar-refractivity contribution in [3.8, 4) is 0 Å². The molecule has 1 aromatic carbocycles. The van der Waals surface area contributed by atoms with E-state index in [0.717, 1.165) is 62.7 Å². The molecule has 1 saturated heterocycles. The third-order valence-corrected chi connectivity index (χ3v) is 6.93. The first kappa shape index (κ1) is 20.8. The summed E-state index contributed by atoms with van der Waals surface area (Å²) in [6, 6.07) is 5.00. The molecule has 3 aliphatic heterocycles. The van der Waals surface area contributed by atoms with E-state index in [4.69, 9.17) is 5.73 Å². The van der Waals surface area contributed by atoms with Crippen LogP contribution in [0.2, 0.25) is 0 Å². The van der Waals surface area contributed by atoms with Crippen molar-refractivity contribution in [2.75, 3.05) is 18.4 Å². The van der Waals surface area contributed by atoms with Gasteiger partial charge in [0.15, 0.2) is 0 Å². The average molecular weight is 413 g/mol. The predicted octanol–water partition coefficient (Wildman–Crippen LogP) is 1.84. The first-order valence-electron chi connectivity index (χ1n) is 11.2. The highest BCUT2D eigenvalue weighted by Gasteiger charge is 2.57. The molecule has 1 fully saturated rings. The Bertz CT molecular complexity index is 855. The van der Waals surface area contributed by atoms with Crippen LogP contribution in [-0.2, 0) is 26.2 Å². The summed E-state index contributed by atoms with van der Waals surface area (Å²) in [6.07, 6.45) is 6.99. The maximum Gasteiger partial charge on any atom is 0.240 e. The summed E-state index contributed by atoms with van der Waals surface area (Å²) in [6.45, 7) is 3.07. The van der Waals surface area contributed by atoms with Crippen molar-refractivity contribution in [1.82, 2.24) is 10.2 Å². The van der Waals surface area contributed by atoms with E-state index in [9.17, 15) is 14.4 Å². The van der Waals surface area contributed by atoms with Gasteiger partial charge in [-0.25, -0.2) is 0 Å². The monoisotopic (exact) mass is 412 g/mol. The quantitative estimate of drug-likeness (QED) is 0.702. The molecule has 3 aliphatic rings. The fourth-order valence-electron chi connectivity index (χ4n) is 5.20. The van der Waals surface area contributed by atoms with Crippen LogP contribution in [-0.4, -0.2) is 47.8 Å². The van der Waals surface area contributed by atoms with Gasteiger partial charge in [0.1, 0.15) is 6.04 Å². The second kappa shape index (κ2) is 8.38. The molecule has 0 saturated carbocycles. The number of nitrogens with one attached hydrogen (secondary N) is 2. The van der Waals surface area contributed by atoms with E-state index in [1.807, 2.05) is 6.07 Å². The van der Waals surface area contributed by atoms with Crippen molar-refractivity contribution in [1.29, 1.82) is 0 Å². The van der Waals surface area contributed by atoms with E-state index < -0.39 is 17.4 Å². The molecular formula is C23H32N4O3. The third kappa shape index (κ3) is 3.60. The molecule has 162 valence electrons. The van der Waals surface area contributed by atoms with Crippen LogP contribution in [0.25, 0.3) is 0 Å². The molecule has 0 radical (unpaired) electrons. The summed E-state index contributed by atoms with van der Waals surface area (Å²) in [5.41, 5.74) is 7.70. The highest BCUT2D eigenvalue weighted by Crippen LogP contribution is 2.47. The number of nitrogens with zero attached hydrogens (tertiary/aromatic N) is 1. The fraction of sp³-hybridized carbons (Fsp3) is 0.609. The standard InChI is InChI=1S/C23H32N4O3/c1-2-3-8-18-21(29)27-14-23(13-19(27)20(24)28)16-12-15(7-5-4-6-11-25-18)9-10-17(16)26-22(23)30/h9-10,12,18-19,25H,2-8,11,13-14H2,1H3,(H2,24,28)(H,26,30)/t18-,19-,23-/m0/s1. The number of rotatable bonds is 4. The maximum atomic E-state index is 13.5. The van der Waals surface area contributed by atoms with E-state index >= 15 is 0 Å². The summed E-state index contributed by atoms with van der Waals surface area (Å²) in [7, 11) is 0. The van der Waals surface area contributed by atoms with Crippen LogP contribution in [0.1, 0.15) is 63.0 Å². The molecule has 3 amide bonds. The molecule has 0 aromatic heterocycles. The van der Waals surface area contributed by atoms with E-state index in [-0.39, 0.29) is 30.8 Å². The molecule has 30 heavy (non-hydrogen) atoms. The van der Waals surface area contributed by atoms with Gasteiger partial charge in [-0.2, -0.15) is 0 Å². The van der Waals surface area contributed by atoms with Crippen molar-refractivity contribution in [3.63, 3.8) is 0 Å². The van der Waals surface area contributed by atoms with E-state index in [1.54, 1.807) is 4.90 Å². The second-order valence-corrected chi connectivity index (χ2v) is 8.96.